The van der Waals surface area contributed by atoms with Crippen molar-refractivity contribution in [3.05, 3.63) is 30.2 Å². The first-order valence-electron chi connectivity index (χ1n) is 8.51. The van der Waals surface area contributed by atoms with Crippen LogP contribution >= 0.6 is 0 Å². The number of fused-ring (bicyclic) bond motifs is 1. The highest BCUT2D eigenvalue weighted by Crippen LogP contribution is 2.16. The van der Waals surface area contributed by atoms with Crippen molar-refractivity contribution in [3.8, 4) is 0 Å². The monoisotopic (exact) mass is 359 g/mol. The Bertz CT molecular complexity index is 808. The molecule has 1 fully saturated rings. The van der Waals surface area contributed by atoms with E-state index in [-0.39, 0.29) is 31.1 Å². The molecule has 1 aromatic heterocycles. The maximum atomic E-state index is 12.5. The van der Waals surface area contributed by atoms with Crippen molar-refractivity contribution in [2.24, 2.45) is 0 Å². The van der Waals surface area contributed by atoms with Gasteiger partial charge in [0, 0.05) is 32.6 Å². The molecular weight excluding hydrogens is 338 g/mol. The number of hydrogen-bond acceptors (Lipinski definition) is 6. The van der Waals surface area contributed by atoms with Crippen molar-refractivity contribution in [1.82, 2.24) is 14.8 Å². The van der Waals surface area contributed by atoms with Gasteiger partial charge in [-0.05, 0) is 17.7 Å². The van der Waals surface area contributed by atoms with Crippen LogP contribution in [-0.2, 0) is 25.5 Å². The van der Waals surface area contributed by atoms with E-state index in [4.69, 9.17) is 4.42 Å². The lowest BCUT2D eigenvalue weighted by molar-refractivity contribution is -0.144. The van der Waals surface area contributed by atoms with Gasteiger partial charge < -0.3 is 19.0 Å². The van der Waals surface area contributed by atoms with Gasteiger partial charge in [0.25, 0.3) is 0 Å². The second-order valence-electron chi connectivity index (χ2n) is 6.17. The number of methoxy groups -OCH3 is 1. The zero-order valence-corrected chi connectivity index (χ0v) is 14.6. The van der Waals surface area contributed by atoms with Gasteiger partial charge in [-0.3, -0.25) is 14.4 Å². The maximum Gasteiger partial charge on any atom is 0.306 e. The van der Waals surface area contributed by atoms with Crippen LogP contribution in [0.15, 0.2) is 29.0 Å². The molecule has 0 aliphatic carbocycles. The summed E-state index contributed by atoms with van der Waals surface area (Å²) in [5.41, 5.74) is 2.30. The third-order valence-corrected chi connectivity index (χ3v) is 4.51. The number of amides is 2. The van der Waals surface area contributed by atoms with Crippen LogP contribution in [0.1, 0.15) is 18.4 Å². The summed E-state index contributed by atoms with van der Waals surface area (Å²) in [6, 6.07) is 5.53. The Labute approximate surface area is 150 Å². The fraction of sp³-hybridized carbons (Fsp3) is 0.444. The van der Waals surface area contributed by atoms with Gasteiger partial charge in [0.2, 0.25) is 11.8 Å². The summed E-state index contributed by atoms with van der Waals surface area (Å²) in [4.78, 5) is 43.2. The van der Waals surface area contributed by atoms with Gasteiger partial charge in [-0.15, -0.1) is 0 Å². The Morgan fingerprint density at radius 1 is 1.08 bits per heavy atom. The number of rotatable bonds is 5. The molecule has 0 spiro atoms. The lowest BCUT2D eigenvalue weighted by Gasteiger charge is -2.35. The standard InChI is InChI=1S/C18H21N3O5/c1-25-18(24)5-4-16(22)20-6-8-21(9-7-20)17(23)11-13-2-3-14-15(10-13)26-12-19-14/h2-3,10,12H,4-9,11H2,1H3. The zero-order valence-electron chi connectivity index (χ0n) is 14.6. The van der Waals surface area contributed by atoms with Crippen LogP contribution in [0.3, 0.4) is 0 Å². The number of esters is 1. The first-order valence-corrected chi connectivity index (χ1v) is 8.51. The molecule has 1 aliphatic heterocycles. The number of carbonyl (C=O) groups excluding carboxylic acids is 3. The van der Waals surface area contributed by atoms with Crippen LogP contribution in [0, 0.1) is 0 Å². The average molecular weight is 359 g/mol. The summed E-state index contributed by atoms with van der Waals surface area (Å²) in [5, 5.41) is 0. The van der Waals surface area contributed by atoms with E-state index < -0.39 is 5.97 Å². The molecule has 0 bridgehead atoms. The fourth-order valence-electron chi connectivity index (χ4n) is 2.97. The highest BCUT2D eigenvalue weighted by Gasteiger charge is 2.24. The summed E-state index contributed by atoms with van der Waals surface area (Å²) in [7, 11) is 1.30. The number of carbonyl (C=O) groups is 3. The Kier molecular flexibility index (Phi) is 5.50. The minimum absolute atomic E-state index is 0.0190. The number of piperazine rings is 1. The molecule has 0 unspecified atom stereocenters. The molecule has 8 heteroatoms. The molecule has 0 radical (unpaired) electrons. The first-order chi connectivity index (χ1) is 12.6. The molecule has 26 heavy (non-hydrogen) atoms. The van der Waals surface area contributed by atoms with E-state index in [0.717, 1.165) is 11.1 Å². The summed E-state index contributed by atoms with van der Waals surface area (Å²) < 4.78 is 9.80. The summed E-state index contributed by atoms with van der Waals surface area (Å²) >= 11 is 0. The van der Waals surface area contributed by atoms with Gasteiger partial charge in [0.05, 0.1) is 20.0 Å². The Balaban J connectivity index is 1.48. The van der Waals surface area contributed by atoms with E-state index in [0.29, 0.717) is 31.8 Å². The molecule has 2 heterocycles. The van der Waals surface area contributed by atoms with Gasteiger partial charge in [-0.25, -0.2) is 4.98 Å². The number of hydrogen-bond donors (Lipinski definition) is 0. The average Bonchev–Trinajstić information content (AvgIpc) is 3.13. The molecule has 0 N–H and O–H groups in total. The highest BCUT2D eigenvalue weighted by molar-refractivity contribution is 5.83. The molecule has 0 saturated carbocycles. The smallest absolute Gasteiger partial charge is 0.306 e. The first kappa shape index (κ1) is 17.9. The summed E-state index contributed by atoms with van der Waals surface area (Å²) in [5.74, 6) is -0.459. The van der Waals surface area contributed by atoms with Crippen LogP contribution in [0.2, 0.25) is 0 Å². The summed E-state index contributed by atoms with van der Waals surface area (Å²) in [6.07, 6.45) is 1.88. The van der Waals surface area contributed by atoms with Gasteiger partial charge in [-0.2, -0.15) is 0 Å². The number of ether oxygens (including phenoxy) is 1. The minimum Gasteiger partial charge on any atom is -0.469 e. The quantitative estimate of drug-likeness (QED) is 0.739. The maximum absolute atomic E-state index is 12.5. The van der Waals surface area contributed by atoms with Crippen LogP contribution < -0.4 is 0 Å². The number of oxazole rings is 1. The van der Waals surface area contributed by atoms with Crippen molar-refractivity contribution < 1.29 is 23.5 Å². The van der Waals surface area contributed by atoms with Crippen molar-refractivity contribution in [2.75, 3.05) is 33.3 Å². The summed E-state index contributed by atoms with van der Waals surface area (Å²) in [6.45, 7) is 1.94. The van der Waals surface area contributed by atoms with Gasteiger partial charge in [0.1, 0.15) is 5.52 Å². The lowest BCUT2D eigenvalue weighted by Crippen LogP contribution is -2.51. The Morgan fingerprint density at radius 3 is 2.46 bits per heavy atom. The molecular formula is C18H21N3O5. The van der Waals surface area contributed by atoms with Crippen LogP contribution in [0.5, 0.6) is 0 Å². The lowest BCUT2D eigenvalue weighted by atomic mass is 10.1. The normalized spacial score (nSPS) is 14.5. The molecule has 1 aliphatic rings. The minimum atomic E-state index is -0.393. The van der Waals surface area contributed by atoms with Crippen molar-refractivity contribution in [3.63, 3.8) is 0 Å². The third kappa shape index (κ3) is 4.19. The van der Waals surface area contributed by atoms with Crippen LogP contribution in [-0.4, -0.2) is 65.9 Å². The SMILES string of the molecule is COC(=O)CCC(=O)N1CCN(C(=O)Cc2ccc3ncoc3c2)CC1. The third-order valence-electron chi connectivity index (χ3n) is 4.51. The molecule has 3 rings (SSSR count). The van der Waals surface area contributed by atoms with Crippen molar-refractivity contribution in [2.45, 2.75) is 19.3 Å². The van der Waals surface area contributed by atoms with E-state index in [1.54, 1.807) is 9.80 Å². The molecule has 2 amide bonds. The van der Waals surface area contributed by atoms with Gasteiger partial charge in [-0.1, -0.05) is 6.07 Å². The number of benzene rings is 1. The van der Waals surface area contributed by atoms with E-state index in [9.17, 15) is 14.4 Å². The predicted molar refractivity (Wildman–Crippen MR) is 92.1 cm³/mol. The van der Waals surface area contributed by atoms with Crippen molar-refractivity contribution >= 4 is 28.9 Å². The molecule has 1 aromatic carbocycles. The van der Waals surface area contributed by atoms with Gasteiger partial charge >= 0.3 is 5.97 Å². The second-order valence-corrected chi connectivity index (χ2v) is 6.17. The van der Waals surface area contributed by atoms with Gasteiger partial charge in [0.15, 0.2) is 12.0 Å². The topological polar surface area (TPSA) is 93.0 Å². The van der Waals surface area contributed by atoms with E-state index >= 15 is 0 Å². The largest absolute Gasteiger partial charge is 0.469 e. The molecule has 2 aromatic rings. The predicted octanol–water partition coefficient (Wildman–Crippen LogP) is 0.994. The molecule has 138 valence electrons. The van der Waals surface area contributed by atoms with Crippen LogP contribution in [0.4, 0.5) is 0 Å². The highest BCUT2D eigenvalue weighted by atomic mass is 16.5. The van der Waals surface area contributed by atoms with Crippen LogP contribution in [0.25, 0.3) is 11.1 Å². The zero-order chi connectivity index (χ0) is 18.5. The second kappa shape index (κ2) is 7.99. The number of aromatic nitrogens is 1. The van der Waals surface area contributed by atoms with E-state index in [2.05, 4.69) is 9.72 Å². The number of nitrogens with zero attached hydrogens (tertiary/aromatic N) is 3. The van der Waals surface area contributed by atoms with E-state index in [1.165, 1.54) is 13.5 Å². The molecule has 0 atom stereocenters. The Morgan fingerprint density at radius 2 is 1.77 bits per heavy atom. The Hall–Kier alpha value is -2.90. The van der Waals surface area contributed by atoms with E-state index in [1.807, 2.05) is 18.2 Å². The van der Waals surface area contributed by atoms with Crippen molar-refractivity contribution in [1.29, 1.82) is 0 Å². The fourth-order valence-corrected chi connectivity index (χ4v) is 2.97. The molecule has 8 nitrogen and oxygen atoms in total. The molecule has 1 saturated heterocycles.